The zero-order valence-corrected chi connectivity index (χ0v) is 5.56. The lowest BCUT2D eigenvalue weighted by molar-refractivity contribution is -0.0363. The van der Waals surface area contributed by atoms with Gasteiger partial charge in [-0.05, 0) is 5.57 Å². The van der Waals surface area contributed by atoms with Crippen molar-refractivity contribution in [2.45, 2.75) is 12.7 Å². The number of aliphatic hydroxyl groups excluding tert-OH is 3. The van der Waals surface area contributed by atoms with E-state index in [1.807, 2.05) is 0 Å². The summed E-state index contributed by atoms with van der Waals surface area (Å²) in [5.74, 6) is 0. The molecule has 0 aromatic carbocycles. The standard InChI is InChI=1S/C6H12O4/c7-3-5(4-8)1-2-6(9)10/h1,6-10H,2-4H2. The number of rotatable bonds is 4. The molecule has 0 aromatic heterocycles. The highest BCUT2D eigenvalue weighted by molar-refractivity contribution is 5.01. The molecule has 0 aliphatic heterocycles. The minimum Gasteiger partial charge on any atom is -0.392 e. The van der Waals surface area contributed by atoms with Gasteiger partial charge in [-0.1, -0.05) is 6.08 Å². The largest absolute Gasteiger partial charge is 0.392 e. The average Bonchev–Trinajstić information content (AvgIpc) is 1.90. The van der Waals surface area contributed by atoms with Crippen molar-refractivity contribution >= 4 is 0 Å². The van der Waals surface area contributed by atoms with E-state index in [1.54, 1.807) is 0 Å². The molecule has 0 heterocycles. The van der Waals surface area contributed by atoms with Crippen molar-refractivity contribution in [3.8, 4) is 0 Å². The van der Waals surface area contributed by atoms with Gasteiger partial charge in [-0.25, -0.2) is 0 Å². The lowest BCUT2D eigenvalue weighted by atomic mass is 10.2. The Balaban J connectivity index is 3.63. The SMILES string of the molecule is OCC(=CCC(O)O)CO. The Morgan fingerprint density at radius 3 is 2.00 bits per heavy atom. The molecule has 0 rings (SSSR count). The van der Waals surface area contributed by atoms with Gasteiger partial charge in [-0.15, -0.1) is 0 Å². The van der Waals surface area contributed by atoms with Crippen LogP contribution in [0.2, 0.25) is 0 Å². The maximum Gasteiger partial charge on any atom is 0.154 e. The minimum atomic E-state index is -1.41. The lowest BCUT2D eigenvalue weighted by Gasteiger charge is -2.00. The zero-order chi connectivity index (χ0) is 7.98. The third-order valence-corrected chi connectivity index (χ3v) is 1.02. The van der Waals surface area contributed by atoms with Crippen molar-refractivity contribution in [1.82, 2.24) is 0 Å². The van der Waals surface area contributed by atoms with Crippen LogP contribution in [0, 0.1) is 0 Å². The van der Waals surface area contributed by atoms with Crippen molar-refractivity contribution in [2.24, 2.45) is 0 Å². The molecule has 0 fully saturated rings. The van der Waals surface area contributed by atoms with Crippen molar-refractivity contribution in [3.05, 3.63) is 11.6 Å². The molecule has 10 heavy (non-hydrogen) atoms. The molecule has 0 radical (unpaired) electrons. The van der Waals surface area contributed by atoms with Crippen LogP contribution in [0.25, 0.3) is 0 Å². The van der Waals surface area contributed by atoms with E-state index in [9.17, 15) is 0 Å². The van der Waals surface area contributed by atoms with Gasteiger partial charge in [0.2, 0.25) is 0 Å². The Morgan fingerprint density at radius 2 is 1.70 bits per heavy atom. The van der Waals surface area contributed by atoms with Crippen molar-refractivity contribution in [3.63, 3.8) is 0 Å². The summed E-state index contributed by atoms with van der Waals surface area (Å²) < 4.78 is 0. The van der Waals surface area contributed by atoms with Gasteiger partial charge in [0.1, 0.15) is 0 Å². The molecular weight excluding hydrogens is 136 g/mol. The van der Waals surface area contributed by atoms with Crippen LogP contribution < -0.4 is 0 Å². The van der Waals surface area contributed by atoms with E-state index in [0.717, 1.165) is 0 Å². The fourth-order valence-electron chi connectivity index (χ4n) is 0.451. The fourth-order valence-corrected chi connectivity index (χ4v) is 0.451. The molecule has 0 unspecified atom stereocenters. The molecule has 4 heteroatoms. The van der Waals surface area contributed by atoms with Gasteiger partial charge in [-0.2, -0.15) is 0 Å². The van der Waals surface area contributed by atoms with Crippen LogP contribution in [0.5, 0.6) is 0 Å². The smallest absolute Gasteiger partial charge is 0.154 e. The van der Waals surface area contributed by atoms with Gasteiger partial charge < -0.3 is 20.4 Å². The summed E-state index contributed by atoms with van der Waals surface area (Å²) in [6.07, 6.45) is 0.0225. The van der Waals surface area contributed by atoms with E-state index in [2.05, 4.69) is 0 Å². The second kappa shape index (κ2) is 5.37. The number of hydrogen-bond acceptors (Lipinski definition) is 4. The number of aliphatic hydroxyl groups is 4. The highest BCUT2D eigenvalue weighted by Gasteiger charge is 1.95. The molecule has 0 aliphatic carbocycles. The third-order valence-electron chi connectivity index (χ3n) is 1.02. The molecule has 4 nitrogen and oxygen atoms in total. The third kappa shape index (κ3) is 4.46. The summed E-state index contributed by atoms with van der Waals surface area (Å²) in [5, 5.41) is 33.6. The van der Waals surface area contributed by atoms with E-state index >= 15 is 0 Å². The van der Waals surface area contributed by atoms with Gasteiger partial charge in [0.25, 0.3) is 0 Å². The van der Waals surface area contributed by atoms with Gasteiger partial charge in [0, 0.05) is 6.42 Å². The summed E-state index contributed by atoms with van der Waals surface area (Å²) in [6.45, 7) is -0.494. The molecule has 0 spiro atoms. The molecule has 0 saturated carbocycles. The van der Waals surface area contributed by atoms with E-state index < -0.39 is 6.29 Å². The molecule has 0 bridgehead atoms. The van der Waals surface area contributed by atoms with Gasteiger partial charge in [0.05, 0.1) is 13.2 Å². The van der Waals surface area contributed by atoms with Gasteiger partial charge in [-0.3, -0.25) is 0 Å². The van der Waals surface area contributed by atoms with Crippen LogP contribution >= 0.6 is 0 Å². The zero-order valence-electron chi connectivity index (χ0n) is 5.56. The summed E-state index contributed by atoms with van der Waals surface area (Å²) in [6, 6.07) is 0. The monoisotopic (exact) mass is 148 g/mol. The Bertz CT molecular complexity index is 102. The first-order valence-electron chi connectivity index (χ1n) is 2.96. The lowest BCUT2D eigenvalue weighted by Crippen LogP contribution is -2.04. The Labute approximate surface area is 59.1 Å². The van der Waals surface area contributed by atoms with E-state index in [0.29, 0.717) is 5.57 Å². The first-order valence-corrected chi connectivity index (χ1v) is 2.96. The van der Waals surface area contributed by atoms with E-state index in [-0.39, 0.29) is 19.6 Å². The number of hydrogen-bond donors (Lipinski definition) is 4. The summed E-state index contributed by atoms with van der Waals surface area (Å²) >= 11 is 0. The van der Waals surface area contributed by atoms with Crippen LogP contribution in [0.15, 0.2) is 11.6 Å². The predicted molar refractivity (Wildman–Crippen MR) is 35.1 cm³/mol. The molecule has 0 aliphatic rings. The van der Waals surface area contributed by atoms with Gasteiger partial charge >= 0.3 is 0 Å². The maximum atomic E-state index is 8.45. The highest BCUT2D eigenvalue weighted by atomic mass is 16.5. The highest BCUT2D eigenvalue weighted by Crippen LogP contribution is 1.95. The first-order chi connectivity index (χ1) is 4.70. The molecule has 60 valence electrons. The van der Waals surface area contributed by atoms with Crippen molar-refractivity contribution < 1.29 is 20.4 Å². The maximum absolute atomic E-state index is 8.45. The van der Waals surface area contributed by atoms with E-state index in [4.69, 9.17) is 20.4 Å². The average molecular weight is 148 g/mol. The molecule has 4 N–H and O–H groups in total. The van der Waals surface area contributed by atoms with Gasteiger partial charge in [0.15, 0.2) is 6.29 Å². The quantitative estimate of drug-likeness (QED) is 0.292. The van der Waals surface area contributed by atoms with Crippen molar-refractivity contribution in [1.29, 1.82) is 0 Å². The topological polar surface area (TPSA) is 80.9 Å². The minimum absolute atomic E-state index is 0.0381. The predicted octanol–water partition coefficient (Wildman–Crippen LogP) is -1.40. The molecule has 0 saturated heterocycles. The molecular formula is C6H12O4. The summed E-state index contributed by atoms with van der Waals surface area (Å²) in [4.78, 5) is 0. The fraction of sp³-hybridized carbons (Fsp3) is 0.667. The second-order valence-electron chi connectivity index (χ2n) is 1.89. The van der Waals surface area contributed by atoms with Crippen LogP contribution in [0.4, 0.5) is 0 Å². The summed E-state index contributed by atoms with van der Waals surface area (Å²) in [5.41, 5.74) is 0.396. The Hall–Kier alpha value is -0.420. The van der Waals surface area contributed by atoms with Crippen LogP contribution in [-0.4, -0.2) is 39.9 Å². The molecule has 0 atom stereocenters. The Kier molecular flexibility index (Phi) is 5.15. The second-order valence-corrected chi connectivity index (χ2v) is 1.89. The summed E-state index contributed by atoms with van der Waals surface area (Å²) in [7, 11) is 0. The first kappa shape index (κ1) is 9.58. The Morgan fingerprint density at radius 1 is 1.20 bits per heavy atom. The molecule has 0 aromatic rings. The van der Waals surface area contributed by atoms with E-state index in [1.165, 1.54) is 6.08 Å². The normalized spacial score (nSPS) is 10.1. The van der Waals surface area contributed by atoms with Crippen LogP contribution in [0.3, 0.4) is 0 Å². The molecule has 0 amide bonds. The van der Waals surface area contributed by atoms with Crippen LogP contribution in [-0.2, 0) is 0 Å². The van der Waals surface area contributed by atoms with Crippen LogP contribution in [0.1, 0.15) is 6.42 Å². The van der Waals surface area contributed by atoms with Crippen molar-refractivity contribution in [2.75, 3.05) is 13.2 Å².